The van der Waals surface area contributed by atoms with E-state index in [1.165, 1.54) is 5.57 Å². The number of allylic oxidation sites excluding steroid dienone is 2. The zero-order valence-electron chi connectivity index (χ0n) is 22.9. The van der Waals surface area contributed by atoms with Gasteiger partial charge in [-0.2, -0.15) is 0 Å². The van der Waals surface area contributed by atoms with Gasteiger partial charge in [-0.05, 0) is 84.9 Å². The number of carbonyl (C=O) groups is 1. The number of carboxylic acid groups (broad SMARTS) is 1. The molecule has 0 aromatic carbocycles. The molecule has 14 atom stereocenters. The molecule has 4 fully saturated rings. The summed E-state index contributed by atoms with van der Waals surface area (Å²) in [5.41, 5.74) is -1.10. The van der Waals surface area contributed by atoms with Crippen LogP contribution in [-0.4, -0.2) is 56.4 Å². The SMILES string of the molecule is C[C@@H]1CC[C@]2(C(=O)O)C[C@H](C)C3C(=CCC4[C@@]3(C)C[C@@H](O)C3[C@]4(C)C[C@@H](O)[C@H](O)[C@@]3(C)CO)C2[C@H]1C. The van der Waals surface area contributed by atoms with Gasteiger partial charge in [0.2, 0.25) is 0 Å². The first-order valence-corrected chi connectivity index (χ1v) is 14.3. The molecule has 0 aromatic heterocycles. The summed E-state index contributed by atoms with van der Waals surface area (Å²) < 4.78 is 0. The van der Waals surface area contributed by atoms with Gasteiger partial charge in [0.05, 0.1) is 30.3 Å². The lowest BCUT2D eigenvalue weighted by atomic mass is 9.35. The molecule has 6 heteroatoms. The van der Waals surface area contributed by atoms with Gasteiger partial charge in [-0.15, -0.1) is 0 Å². The number of aliphatic hydroxyl groups excluding tert-OH is 4. The lowest BCUT2D eigenvalue weighted by molar-refractivity contribution is -0.267. The van der Waals surface area contributed by atoms with Crippen LogP contribution in [0.3, 0.4) is 0 Å². The summed E-state index contributed by atoms with van der Waals surface area (Å²) in [6, 6.07) is 0. The molecule has 0 bridgehead atoms. The predicted molar refractivity (Wildman–Crippen MR) is 137 cm³/mol. The summed E-state index contributed by atoms with van der Waals surface area (Å²) in [5, 5.41) is 54.7. The van der Waals surface area contributed by atoms with Crippen LogP contribution in [0.25, 0.3) is 0 Å². The van der Waals surface area contributed by atoms with Gasteiger partial charge in [0.25, 0.3) is 0 Å². The van der Waals surface area contributed by atoms with Gasteiger partial charge < -0.3 is 25.5 Å². The third-order valence-corrected chi connectivity index (χ3v) is 12.8. The van der Waals surface area contributed by atoms with Crippen LogP contribution in [-0.2, 0) is 4.79 Å². The smallest absolute Gasteiger partial charge is 0.310 e. The number of rotatable bonds is 2. The maximum atomic E-state index is 12.9. The maximum absolute atomic E-state index is 12.9. The van der Waals surface area contributed by atoms with Crippen LogP contribution >= 0.6 is 0 Å². The summed E-state index contributed by atoms with van der Waals surface area (Å²) in [6.07, 6.45) is 3.71. The Bertz CT molecular complexity index is 948. The Morgan fingerprint density at radius 2 is 1.58 bits per heavy atom. The van der Waals surface area contributed by atoms with E-state index in [1.807, 2.05) is 6.92 Å². The van der Waals surface area contributed by atoms with Crippen molar-refractivity contribution in [3.63, 3.8) is 0 Å². The van der Waals surface area contributed by atoms with Gasteiger partial charge in [-0.25, -0.2) is 0 Å². The van der Waals surface area contributed by atoms with Crippen LogP contribution in [0, 0.1) is 63.1 Å². The van der Waals surface area contributed by atoms with Crippen LogP contribution in [0.1, 0.15) is 80.1 Å². The second-order valence-corrected chi connectivity index (χ2v) is 14.6. The third-order valence-electron chi connectivity index (χ3n) is 12.8. The first-order chi connectivity index (χ1) is 16.7. The lowest BCUT2D eigenvalue weighted by Crippen LogP contribution is -2.70. The number of fused-ring (bicyclic) bond motifs is 7. The number of aliphatic hydroxyl groups is 4. The van der Waals surface area contributed by atoms with Crippen molar-refractivity contribution in [3.8, 4) is 0 Å². The van der Waals surface area contributed by atoms with Gasteiger partial charge in [0.1, 0.15) is 0 Å². The van der Waals surface area contributed by atoms with Crippen molar-refractivity contribution in [2.24, 2.45) is 63.1 Å². The molecule has 0 aromatic rings. The molecule has 36 heavy (non-hydrogen) atoms. The molecule has 0 saturated heterocycles. The quantitative estimate of drug-likeness (QED) is 0.365. The molecule has 5 N–H and O–H groups in total. The standard InChI is InChI=1S/C30H48O6/c1-15-9-10-30(26(35)36)11-16(2)22-18(23(30)17(15)3)7-8-21-27(22,4)12-19(32)24-28(21,5)13-20(33)25(34)29(24,6)14-31/h7,15-17,19-25,31-34H,8-14H2,1-6H3,(H,35,36)/t15-,16+,17+,19-,20-,21?,22?,23?,24?,25+,27-,28-,29+,30+/m1/s1. The summed E-state index contributed by atoms with van der Waals surface area (Å²) in [4.78, 5) is 12.9. The summed E-state index contributed by atoms with van der Waals surface area (Å²) in [5.74, 6) is 0.319. The molecule has 4 saturated carbocycles. The molecule has 0 heterocycles. The van der Waals surface area contributed by atoms with Gasteiger partial charge >= 0.3 is 5.97 Å². The Labute approximate surface area is 216 Å². The average molecular weight is 505 g/mol. The van der Waals surface area contributed by atoms with E-state index in [-0.39, 0.29) is 47.5 Å². The Morgan fingerprint density at radius 3 is 2.19 bits per heavy atom. The maximum Gasteiger partial charge on any atom is 0.310 e. The molecule has 4 unspecified atom stereocenters. The first kappa shape index (κ1) is 26.6. The predicted octanol–water partition coefficient (Wildman–Crippen LogP) is 3.86. The highest BCUT2D eigenvalue weighted by Crippen LogP contribution is 2.72. The fourth-order valence-electron chi connectivity index (χ4n) is 11.5. The average Bonchev–Trinajstić information content (AvgIpc) is 2.78. The van der Waals surface area contributed by atoms with E-state index in [0.717, 1.165) is 19.3 Å². The van der Waals surface area contributed by atoms with E-state index in [1.54, 1.807) is 0 Å². The second-order valence-electron chi connectivity index (χ2n) is 14.6. The minimum atomic E-state index is -1.08. The normalized spacial score (nSPS) is 58.6. The highest BCUT2D eigenvalue weighted by molar-refractivity contribution is 5.76. The third kappa shape index (κ3) is 3.14. The number of aliphatic carboxylic acids is 1. The Kier molecular flexibility index (Phi) is 6.12. The Morgan fingerprint density at radius 1 is 0.944 bits per heavy atom. The van der Waals surface area contributed by atoms with Crippen LogP contribution in [0.5, 0.6) is 0 Å². The molecule has 0 spiro atoms. The van der Waals surface area contributed by atoms with Crippen LogP contribution in [0.2, 0.25) is 0 Å². The van der Waals surface area contributed by atoms with Gasteiger partial charge in [-0.3, -0.25) is 4.79 Å². The highest BCUT2D eigenvalue weighted by Gasteiger charge is 2.70. The van der Waals surface area contributed by atoms with Crippen LogP contribution in [0.4, 0.5) is 0 Å². The monoisotopic (exact) mass is 504 g/mol. The van der Waals surface area contributed by atoms with Crippen molar-refractivity contribution in [1.29, 1.82) is 0 Å². The zero-order chi connectivity index (χ0) is 26.6. The zero-order valence-corrected chi connectivity index (χ0v) is 22.9. The molecule has 0 aliphatic heterocycles. The number of carboxylic acids is 1. The van der Waals surface area contributed by atoms with E-state index in [2.05, 4.69) is 40.7 Å². The second kappa shape index (κ2) is 8.27. The van der Waals surface area contributed by atoms with Gasteiger partial charge in [-0.1, -0.05) is 53.2 Å². The van der Waals surface area contributed by atoms with Gasteiger partial charge in [0.15, 0.2) is 0 Å². The summed E-state index contributed by atoms with van der Waals surface area (Å²) in [6.45, 7) is 12.7. The lowest BCUT2D eigenvalue weighted by Gasteiger charge is -2.70. The van der Waals surface area contributed by atoms with Gasteiger partial charge in [0, 0.05) is 11.3 Å². The van der Waals surface area contributed by atoms with E-state index >= 15 is 0 Å². The van der Waals surface area contributed by atoms with Crippen LogP contribution in [0.15, 0.2) is 11.6 Å². The minimum Gasteiger partial charge on any atom is -0.481 e. The largest absolute Gasteiger partial charge is 0.481 e. The Balaban J connectivity index is 1.64. The molecular formula is C30H48O6. The molecule has 5 aliphatic rings. The molecule has 0 radical (unpaired) electrons. The fraction of sp³-hybridized carbons (Fsp3) is 0.900. The van der Waals surface area contributed by atoms with Crippen molar-refractivity contribution < 1.29 is 30.3 Å². The van der Waals surface area contributed by atoms with E-state index in [0.29, 0.717) is 25.2 Å². The van der Waals surface area contributed by atoms with Crippen molar-refractivity contribution >= 4 is 5.97 Å². The first-order valence-electron chi connectivity index (χ1n) is 14.3. The molecule has 5 aliphatic carbocycles. The Hall–Kier alpha value is -0.950. The fourth-order valence-corrected chi connectivity index (χ4v) is 11.5. The van der Waals surface area contributed by atoms with E-state index in [4.69, 9.17) is 0 Å². The van der Waals surface area contributed by atoms with Crippen LogP contribution < -0.4 is 0 Å². The van der Waals surface area contributed by atoms with Crippen molar-refractivity contribution in [1.82, 2.24) is 0 Å². The minimum absolute atomic E-state index is 0.0156. The van der Waals surface area contributed by atoms with Crippen molar-refractivity contribution in [3.05, 3.63) is 11.6 Å². The van der Waals surface area contributed by atoms with E-state index in [9.17, 15) is 30.3 Å². The van der Waals surface area contributed by atoms with Crippen molar-refractivity contribution in [2.75, 3.05) is 6.61 Å². The molecule has 0 amide bonds. The molecule has 5 rings (SSSR count). The topological polar surface area (TPSA) is 118 Å². The molecular weight excluding hydrogens is 456 g/mol. The molecule has 204 valence electrons. The molecule has 6 nitrogen and oxygen atoms in total. The summed E-state index contributed by atoms with van der Waals surface area (Å²) in [7, 11) is 0. The van der Waals surface area contributed by atoms with E-state index < -0.39 is 40.5 Å². The highest BCUT2D eigenvalue weighted by atomic mass is 16.4. The van der Waals surface area contributed by atoms with Crippen molar-refractivity contribution in [2.45, 2.75) is 98.4 Å². The number of hydrogen-bond donors (Lipinski definition) is 5. The number of hydrogen-bond acceptors (Lipinski definition) is 5. The summed E-state index contributed by atoms with van der Waals surface area (Å²) >= 11 is 0.